The van der Waals surface area contributed by atoms with Crippen LogP contribution < -0.4 is 15.4 Å². The van der Waals surface area contributed by atoms with Crippen LogP contribution in [-0.4, -0.2) is 34.8 Å². The van der Waals surface area contributed by atoms with E-state index in [1.807, 2.05) is 0 Å². The standard InChI is InChI=1S/C24H22N2O7/c1-2-32-24(31)33-21-9-5-16(6-10-21)23(30)26-18-7-3-15(4-8-18)14-25-22(29)17-11-19(27)13-20(28)12-17/h3-13,27-28H,2,14H2,1H3,(H,25,29)(H,26,30). The van der Waals surface area contributed by atoms with Gasteiger partial charge in [0.1, 0.15) is 17.2 Å². The molecule has 0 saturated carbocycles. The number of ether oxygens (including phenoxy) is 2. The van der Waals surface area contributed by atoms with Crippen LogP contribution in [0.2, 0.25) is 0 Å². The molecule has 0 spiro atoms. The number of hydrogen-bond donors (Lipinski definition) is 4. The Morgan fingerprint density at radius 1 is 0.818 bits per heavy atom. The molecule has 3 aromatic rings. The molecule has 3 rings (SSSR count). The van der Waals surface area contributed by atoms with E-state index in [4.69, 9.17) is 9.47 Å². The molecule has 0 aliphatic carbocycles. The zero-order valence-corrected chi connectivity index (χ0v) is 17.7. The van der Waals surface area contributed by atoms with Crippen LogP contribution in [-0.2, 0) is 11.3 Å². The summed E-state index contributed by atoms with van der Waals surface area (Å²) in [5.41, 5.74) is 1.85. The minimum atomic E-state index is -0.814. The van der Waals surface area contributed by atoms with Crippen LogP contribution in [0.25, 0.3) is 0 Å². The van der Waals surface area contributed by atoms with Gasteiger partial charge >= 0.3 is 6.16 Å². The molecule has 0 saturated heterocycles. The Hall–Kier alpha value is -4.53. The van der Waals surface area contributed by atoms with E-state index in [-0.39, 0.29) is 41.9 Å². The highest BCUT2D eigenvalue weighted by Crippen LogP contribution is 2.20. The molecule has 0 bridgehead atoms. The number of amides is 2. The Morgan fingerprint density at radius 3 is 2.06 bits per heavy atom. The summed E-state index contributed by atoms with van der Waals surface area (Å²) < 4.78 is 9.64. The summed E-state index contributed by atoms with van der Waals surface area (Å²) in [6, 6.07) is 16.5. The highest BCUT2D eigenvalue weighted by Gasteiger charge is 2.10. The van der Waals surface area contributed by atoms with Gasteiger partial charge < -0.3 is 30.3 Å². The largest absolute Gasteiger partial charge is 0.513 e. The SMILES string of the molecule is CCOC(=O)Oc1ccc(C(=O)Nc2ccc(CNC(=O)c3cc(O)cc(O)c3)cc2)cc1. The van der Waals surface area contributed by atoms with E-state index in [1.165, 1.54) is 36.4 Å². The van der Waals surface area contributed by atoms with Crippen molar-refractivity contribution >= 4 is 23.7 Å². The third-order valence-corrected chi connectivity index (χ3v) is 4.41. The van der Waals surface area contributed by atoms with Crippen LogP contribution in [0.1, 0.15) is 33.2 Å². The Labute approximate surface area is 189 Å². The lowest BCUT2D eigenvalue weighted by molar-refractivity contribution is 0.0948. The lowest BCUT2D eigenvalue weighted by Crippen LogP contribution is -2.22. The van der Waals surface area contributed by atoms with E-state index in [0.29, 0.717) is 11.3 Å². The monoisotopic (exact) mass is 450 g/mol. The maximum Gasteiger partial charge on any atom is 0.513 e. The highest BCUT2D eigenvalue weighted by molar-refractivity contribution is 6.04. The predicted octanol–water partition coefficient (Wildman–Crippen LogP) is 3.82. The summed E-state index contributed by atoms with van der Waals surface area (Å²) >= 11 is 0. The van der Waals surface area contributed by atoms with Crippen LogP contribution in [0.4, 0.5) is 10.5 Å². The first-order valence-electron chi connectivity index (χ1n) is 10.00. The molecule has 3 aromatic carbocycles. The molecule has 0 radical (unpaired) electrons. The molecule has 0 unspecified atom stereocenters. The van der Waals surface area contributed by atoms with Gasteiger partial charge in [0.05, 0.1) is 6.61 Å². The molecular formula is C24H22N2O7. The van der Waals surface area contributed by atoms with Gasteiger partial charge in [0, 0.05) is 29.4 Å². The first-order chi connectivity index (χ1) is 15.8. The Balaban J connectivity index is 1.53. The van der Waals surface area contributed by atoms with Crippen LogP contribution in [0.5, 0.6) is 17.2 Å². The number of carbonyl (C=O) groups excluding carboxylic acids is 3. The Kier molecular flexibility index (Phi) is 7.48. The maximum atomic E-state index is 12.4. The fourth-order valence-corrected chi connectivity index (χ4v) is 2.84. The summed E-state index contributed by atoms with van der Waals surface area (Å²) in [5.74, 6) is -0.948. The fraction of sp³-hybridized carbons (Fsp3) is 0.125. The van der Waals surface area contributed by atoms with Crippen molar-refractivity contribution in [2.24, 2.45) is 0 Å². The zero-order valence-electron chi connectivity index (χ0n) is 17.7. The molecule has 0 heterocycles. The molecule has 0 aromatic heterocycles. The summed E-state index contributed by atoms with van der Waals surface area (Å²) in [5, 5.41) is 24.4. The normalized spacial score (nSPS) is 10.2. The maximum absolute atomic E-state index is 12.4. The second-order valence-electron chi connectivity index (χ2n) is 6.88. The van der Waals surface area contributed by atoms with Crippen molar-refractivity contribution < 1.29 is 34.1 Å². The van der Waals surface area contributed by atoms with E-state index < -0.39 is 12.1 Å². The number of benzene rings is 3. The van der Waals surface area contributed by atoms with Crippen LogP contribution >= 0.6 is 0 Å². The average Bonchev–Trinajstić information content (AvgIpc) is 2.78. The van der Waals surface area contributed by atoms with Crippen LogP contribution in [0, 0.1) is 0 Å². The topological polar surface area (TPSA) is 134 Å². The summed E-state index contributed by atoms with van der Waals surface area (Å²) in [6.07, 6.45) is -0.814. The second-order valence-corrected chi connectivity index (χ2v) is 6.88. The molecule has 0 atom stereocenters. The van der Waals surface area contributed by atoms with Gasteiger partial charge in [0.25, 0.3) is 11.8 Å². The number of rotatable bonds is 7. The predicted molar refractivity (Wildman–Crippen MR) is 119 cm³/mol. The molecule has 4 N–H and O–H groups in total. The van der Waals surface area contributed by atoms with Crippen molar-refractivity contribution in [3.8, 4) is 17.2 Å². The van der Waals surface area contributed by atoms with E-state index in [0.717, 1.165) is 11.6 Å². The Bertz CT molecular complexity index is 1120. The number of hydrogen-bond acceptors (Lipinski definition) is 7. The second kappa shape index (κ2) is 10.7. The molecule has 0 fully saturated rings. The van der Waals surface area contributed by atoms with Gasteiger partial charge in [-0.1, -0.05) is 12.1 Å². The van der Waals surface area contributed by atoms with Gasteiger partial charge in [-0.05, 0) is 61.0 Å². The zero-order chi connectivity index (χ0) is 23.8. The molecule has 0 aliphatic heterocycles. The highest BCUT2D eigenvalue weighted by atomic mass is 16.7. The van der Waals surface area contributed by atoms with Gasteiger partial charge in [-0.25, -0.2) is 4.79 Å². The van der Waals surface area contributed by atoms with E-state index in [1.54, 1.807) is 31.2 Å². The van der Waals surface area contributed by atoms with Crippen molar-refractivity contribution in [2.45, 2.75) is 13.5 Å². The first kappa shape index (κ1) is 23.1. The molecule has 0 aliphatic rings. The van der Waals surface area contributed by atoms with Crippen molar-refractivity contribution in [3.63, 3.8) is 0 Å². The molecule has 9 heteroatoms. The number of anilines is 1. The smallest absolute Gasteiger partial charge is 0.508 e. The number of aromatic hydroxyl groups is 2. The van der Waals surface area contributed by atoms with Crippen molar-refractivity contribution in [2.75, 3.05) is 11.9 Å². The van der Waals surface area contributed by atoms with E-state index in [9.17, 15) is 24.6 Å². The lowest BCUT2D eigenvalue weighted by Gasteiger charge is -2.09. The number of phenols is 2. The molecular weight excluding hydrogens is 428 g/mol. The lowest BCUT2D eigenvalue weighted by atomic mass is 10.1. The average molecular weight is 450 g/mol. The van der Waals surface area contributed by atoms with Crippen molar-refractivity contribution in [1.82, 2.24) is 5.32 Å². The Morgan fingerprint density at radius 2 is 1.45 bits per heavy atom. The molecule has 170 valence electrons. The summed E-state index contributed by atoms with van der Waals surface area (Å²) in [4.78, 5) is 35.9. The van der Waals surface area contributed by atoms with Crippen molar-refractivity contribution in [3.05, 3.63) is 83.4 Å². The first-order valence-corrected chi connectivity index (χ1v) is 10.00. The van der Waals surface area contributed by atoms with E-state index in [2.05, 4.69) is 10.6 Å². The molecule has 33 heavy (non-hydrogen) atoms. The van der Waals surface area contributed by atoms with E-state index >= 15 is 0 Å². The molecule has 9 nitrogen and oxygen atoms in total. The van der Waals surface area contributed by atoms with Gasteiger partial charge in [0.15, 0.2) is 0 Å². The minimum Gasteiger partial charge on any atom is -0.508 e. The number of nitrogens with one attached hydrogen (secondary N) is 2. The van der Waals surface area contributed by atoms with Gasteiger partial charge in [-0.3, -0.25) is 9.59 Å². The van der Waals surface area contributed by atoms with Crippen molar-refractivity contribution in [1.29, 1.82) is 0 Å². The third-order valence-electron chi connectivity index (χ3n) is 4.41. The molecule has 2 amide bonds. The van der Waals surface area contributed by atoms with Gasteiger partial charge in [-0.15, -0.1) is 0 Å². The van der Waals surface area contributed by atoms with Crippen LogP contribution in [0.3, 0.4) is 0 Å². The number of carbonyl (C=O) groups is 3. The fourth-order valence-electron chi connectivity index (χ4n) is 2.84. The van der Waals surface area contributed by atoms with Gasteiger partial charge in [0.2, 0.25) is 0 Å². The summed E-state index contributed by atoms with van der Waals surface area (Å²) in [7, 11) is 0. The van der Waals surface area contributed by atoms with Crippen LogP contribution in [0.15, 0.2) is 66.7 Å². The third kappa shape index (κ3) is 6.73. The summed E-state index contributed by atoms with van der Waals surface area (Å²) in [6.45, 7) is 2.08. The van der Waals surface area contributed by atoms with Gasteiger partial charge in [-0.2, -0.15) is 0 Å². The number of phenolic OH excluding ortho intramolecular Hbond substituents is 2. The quantitative estimate of drug-likeness (QED) is 0.318. The minimum absolute atomic E-state index is 0.134.